The van der Waals surface area contributed by atoms with Gasteiger partial charge in [0.2, 0.25) is 0 Å². The van der Waals surface area contributed by atoms with Gasteiger partial charge < -0.3 is 0 Å². The van der Waals surface area contributed by atoms with Gasteiger partial charge in [0.25, 0.3) is 0 Å². The fraction of sp³-hybridized carbons (Fsp3) is 0.375. The molecule has 0 bridgehead atoms. The smallest absolute Gasteiger partial charge is 0.161 e. The summed E-state index contributed by atoms with van der Waals surface area (Å²) < 4.78 is 5.37. The van der Waals surface area contributed by atoms with Crippen LogP contribution in [-0.2, 0) is 0 Å². The highest BCUT2D eigenvalue weighted by Gasteiger charge is 2.22. The Morgan fingerprint density at radius 3 is 3.17 bits per heavy atom. The van der Waals surface area contributed by atoms with E-state index in [4.69, 9.17) is 0 Å². The Hall–Kier alpha value is -0.900. The summed E-state index contributed by atoms with van der Waals surface area (Å²) in [6.45, 7) is 4.33. The van der Waals surface area contributed by atoms with Gasteiger partial charge in [0.1, 0.15) is 0 Å². The van der Waals surface area contributed by atoms with E-state index in [0.717, 1.165) is 5.82 Å². The number of fused-ring (bicyclic) bond motifs is 1. The molecule has 4 heteroatoms. The molecule has 1 aliphatic heterocycles. The minimum Gasteiger partial charge on any atom is -0.295 e. The molecule has 1 aromatic heterocycles. The molecule has 64 valence electrons. The van der Waals surface area contributed by atoms with Crippen molar-refractivity contribution in [3.8, 4) is 0 Å². The quantitative estimate of drug-likeness (QED) is 0.673. The van der Waals surface area contributed by atoms with Crippen LogP contribution < -0.4 is 9.03 Å². The van der Waals surface area contributed by atoms with Gasteiger partial charge in [0, 0.05) is 12.2 Å². The maximum absolute atomic E-state index is 4.22. The number of rotatable bonds is 1. The third-order valence-electron chi connectivity index (χ3n) is 1.73. The van der Waals surface area contributed by atoms with E-state index in [0.29, 0.717) is 6.04 Å². The molecule has 2 heterocycles. The molecule has 2 rings (SSSR count). The Bertz CT molecular complexity index is 287. The number of anilines is 2. The highest BCUT2D eigenvalue weighted by Crippen LogP contribution is 2.38. The van der Waals surface area contributed by atoms with Crippen LogP contribution in [0.25, 0.3) is 0 Å². The summed E-state index contributed by atoms with van der Waals surface area (Å²) in [4.78, 5) is 4.22. The van der Waals surface area contributed by atoms with Crippen LogP contribution in [0.5, 0.6) is 0 Å². The molecule has 0 saturated carbocycles. The molecule has 3 nitrogen and oxygen atoms in total. The average Bonchev–Trinajstić information content (AvgIpc) is 2.47. The zero-order valence-electron chi connectivity index (χ0n) is 7.11. The van der Waals surface area contributed by atoms with Crippen LogP contribution in [-0.4, -0.2) is 11.0 Å². The van der Waals surface area contributed by atoms with E-state index in [1.807, 2.05) is 6.07 Å². The van der Waals surface area contributed by atoms with E-state index in [-0.39, 0.29) is 0 Å². The summed E-state index contributed by atoms with van der Waals surface area (Å²) in [5.74, 6) is 0.969. The van der Waals surface area contributed by atoms with E-state index in [1.54, 1.807) is 18.3 Å². The zero-order chi connectivity index (χ0) is 8.55. The minimum absolute atomic E-state index is 0.493. The van der Waals surface area contributed by atoms with Crippen molar-refractivity contribution in [2.45, 2.75) is 19.9 Å². The number of nitrogens with one attached hydrogen (secondary N) is 1. The van der Waals surface area contributed by atoms with Gasteiger partial charge in [-0.05, 0) is 26.0 Å². The van der Waals surface area contributed by atoms with E-state index >= 15 is 0 Å². The Balaban J connectivity index is 2.36. The fourth-order valence-electron chi connectivity index (χ4n) is 1.18. The number of hydrogen-bond acceptors (Lipinski definition) is 4. The molecule has 1 aliphatic rings. The molecule has 0 unspecified atom stereocenters. The van der Waals surface area contributed by atoms with Crippen LogP contribution in [0, 0.1) is 0 Å². The first-order valence-electron chi connectivity index (χ1n) is 3.96. The predicted molar refractivity (Wildman–Crippen MR) is 53.1 cm³/mol. The monoisotopic (exact) mass is 181 g/mol. The topological polar surface area (TPSA) is 28.2 Å². The summed E-state index contributed by atoms with van der Waals surface area (Å²) in [5, 5.41) is 0. The Morgan fingerprint density at radius 2 is 2.42 bits per heavy atom. The molecule has 0 spiro atoms. The molecule has 12 heavy (non-hydrogen) atoms. The summed E-state index contributed by atoms with van der Waals surface area (Å²) in [6.07, 6.45) is 1.80. The van der Waals surface area contributed by atoms with Crippen LogP contribution in [0.4, 0.5) is 11.5 Å². The normalized spacial score (nSPS) is 14.8. The van der Waals surface area contributed by atoms with Crippen molar-refractivity contribution in [1.29, 1.82) is 0 Å². The lowest BCUT2D eigenvalue weighted by Crippen LogP contribution is -2.20. The maximum atomic E-state index is 4.22. The number of aromatic nitrogens is 1. The SMILES string of the molecule is CC(C)N1SNc2ncccc21. The Morgan fingerprint density at radius 1 is 1.58 bits per heavy atom. The van der Waals surface area contributed by atoms with E-state index in [9.17, 15) is 0 Å². The van der Waals surface area contributed by atoms with Crippen LogP contribution in [0.2, 0.25) is 0 Å². The Labute approximate surface area is 76.4 Å². The first-order chi connectivity index (χ1) is 5.79. The predicted octanol–water partition coefficient (Wildman–Crippen LogP) is 2.29. The highest BCUT2D eigenvalue weighted by molar-refractivity contribution is 8.02. The van der Waals surface area contributed by atoms with Crippen molar-refractivity contribution >= 4 is 23.6 Å². The lowest BCUT2D eigenvalue weighted by Gasteiger charge is -2.19. The zero-order valence-corrected chi connectivity index (χ0v) is 7.93. The second-order valence-corrected chi connectivity index (χ2v) is 3.76. The van der Waals surface area contributed by atoms with Crippen molar-refractivity contribution in [1.82, 2.24) is 4.98 Å². The molecule has 0 aliphatic carbocycles. The minimum atomic E-state index is 0.493. The third-order valence-corrected chi connectivity index (χ3v) is 2.83. The highest BCUT2D eigenvalue weighted by atomic mass is 32.2. The van der Waals surface area contributed by atoms with Gasteiger partial charge in [-0.2, -0.15) is 0 Å². The molecule has 0 saturated heterocycles. The summed E-state index contributed by atoms with van der Waals surface area (Å²) in [6, 6.07) is 4.53. The molecule has 1 N–H and O–H groups in total. The average molecular weight is 181 g/mol. The second-order valence-electron chi connectivity index (χ2n) is 2.98. The molecule has 0 aromatic carbocycles. The summed E-state index contributed by atoms with van der Waals surface area (Å²) in [7, 11) is 0. The van der Waals surface area contributed by atoms with Crippen molar-refractivity contribution < 1.29 is 0 Å². The molecule has 0 radical (unpaired) electrons. The molecular formula is C8H11N3S. The molecular weight excluding hydrogens is 170 g/mol. The first kappa shape index (κ1) is 7.73. The van der Waals surface area contributed by atoms with E-state index < -0.39 is 0 Å². The molecule has 0 fully saturated rings. The van der Waals surface area contributed by atoms with Crippen molar-refractivity contribution in [3.05, 3.63) is 18.3 Å². The van der Waals surface area contributed by atoms with Crippen molar-refractivity contribution in [3.63, 3.8) is 0 Å². The van der Waals surface area contributed by atoms with Gasteiger partial charge in [0.15, 0.2) is 5.82 Å². The van der Waals surface area contributed by atoms with E-state index in [1.165, 1.54) is 5.69 Å². The van der Waals surface area contributed by atoms with Gasteiger partial charge in [-0.25, -0.2) is 4.98 Å². The lowest BCUT2D eigenvalue weighted by molar-refractivity contribution is 0.841. The third kappa shape index (κ3) is 1.12. The summed E-state index contributed by atoms with van der Waals surface area (Å²) >= 11 is 1.60. The number of nitrogens with zero attached hydrogens (tertiary/aromatic N) is 2. The molecule has 1 aromatic rings. The second kappa shape index (κ2) is 2.86. The van der Waals surface area contributed by atoms with Crippen LogP contribution >= 0.6 is 12.1 Å². The summed E-state index contributed by atoms with van der Waals surface area (Å²) in [5.41, 5.74) is 1.18. The maximum Gasteiger partial charge on any atom is 0.161 e. The largest absolute Gasteiger partial charge is 0.295 e. The van der Waals surface area contributed by atoms with Crippen LogP contribution in [0.3, 0.4) is 0 Å². The van der Waals surface area contributed by atoms with Gasteiger partial charge in [-0.15, -0.1) is 0 Å². The molecule has 0 amide bonds. The number of hydrogen-bond donors (Lipinski definition) is 1. The number of pyridine rings is 1. The van der Waals surface area contributed by atoms with Crippen LogP contribution in [0.15, 0.2) is 18.3 Å². The standard InChI is InChI=1S/C8H11N3S/c1-6(2)11-7-4-3-5-9-8(7)10-12-11/h3-6H,1-2H3,(H,9,10). The van der Waals surface area contributed by atoms with Crippen molar-refractivity contribution in [2.24, 2.45) is 0 Å². The fourth-order valence-corrected chi connectivity index (χ4v) is 1.98. The van der Waals surface area contributed by atoms with Gasteiger partial charge >= 0.3 is 0 Å². The Kier molecular flexibility index (Phi) is 1.84. The van der Waals surface area contributed by atoms with Crippen LogP contribution in [0.1, 0.15) is 13.8 Å². The lowest BCUT2D eigenvalue weighted by atomic mass is 10.3. The van der Waals surface area contributed by atoms with E-state index in [2.05, 4.69) is 33.9 Å². The first-order valence-corrected chi connectivity index (χ1v) is 4.73. The molecule has 0 atom stereocenters. The van der Waals surface area contributed by atoms with Gasteiger partial charge in [-0.1, -0.05) is 0 Å². The van der Waals surface area contributed by atoms with Gasteiger partial charge in [-0.3, -0.25) is 9.03 Å². The van der Waals surface area contributed by atoms with Gasteiger partial charge in [0.05, 0.1) is 17.8 Å². The van der Waals surface area contributed by atoms with Crippen molar-refractivity contribution in [2.75, 3.05) is 9.03 Å².